The Bertz CT molecular complexity index is 1050. The van der Waals surface area contributed by atoms with Gasteiger partial charge in [-0.1, -0.05) is 0 Å². The Balaban J connectivity index is 1.74. The van der Waals surface area contributed by atoms with Gasteiger partial charge in [-0.15, -0.1) is 5.10 Å². The molecule has 0 unspecified atom stereocenters. The molecule has 0 aliphatic rings. The molecular weight excluding hydrogens is 328 g/mol. The van der Waals surface area contributed by atoms with Crippen LogP contribution < -0.4 is 5.32 Å². The maximum Gasteiger partial charge on any atom is 0.247 e. The topological polar surface area (TPSA) is 84.3 Å². The van der Waals surface area contributed by atoms with Crippen molar-refractivity contribution in [3.8, 4) is 0 Å². The van der Waals surface area contributed by atoms with Crippen molar-refractivity contribution in [1.29, 1.82) is 0 Å². The van der Waals surface area contributed by atoms with Crippen molar-refractivity contribution < 1.29 is 8.78 Å². The van der Waals surface area contributed by atoms with Gasteiger partial charge in [0.1, 0.15) is 23.8 Å². The van der Waals surface area contributed by atoms with Gasteiger partial charge in [0.2, 0.25) is 5.95 Å². The maximum atomic E-state index is 14.0. The number of hydrogen-bond acceptors (Lipinski definition) is 5. The third-order valence-corrected chi connectivity index (χ3v) is 3.72. The highest BCUT2D eigenvalue weighted by Gasteiger charge is 2.13. The van der Waals surface area contributed by atoms with E-state index in [0.29, 0.717) is 17.5 Å². The molecule has 9 heteroatoms. The van der Waals surface area contributed by atoms with E-state index in [-0.39, 0.29) is 12.0 Å². The molecule has 2 N–H and O–H groups in total. The molecule has 0 amide bonds. The third kappa shape index (κ3) is 3.03. The molecule has 0 bridgehead atoms. The van der Waals surface area contributed by atoms with Gasteiger partial charge in [0.05, 0.1) is 17.4 Å². The first-order valence-electron chi connectivity index (χ1n) is 7.48. The van der Waals surface area contributed by atoms with Crippen LogP contribution >= 0.6 is 0 Å². The van der Waals surface area contributed by atoms with Gasteiger partial charge in [-0.2, -0.15) is 5.10 Å². The van der Waals surface area contributed by atoms with E-state index < -0.39 is 11.6 Å². The second-order valence-corrected chi connectivity index (χ2v) is 5.56. The molecule has 4 rings (SSSR count). The molecule has 0 radical (unpaired) electrons. The zero-order valence-electron chi connectivity index (χ0n) is 13.2. The van der Waals surface area contributed by atoms with Crippen LogP contribution in [0, 0.1) is 11.6 Å². The van der Waals surface area contributed by atoms with Gasteiger partial charge >= 0.3 is 0 Å². The Morgan fingerprint density at radius 1 is 1.24 bits per heavy atom. The molecular formula is C16H13F2N7. The predicted molar refractivity (Wildman–Crippen MR) is 87.3 cm³/mol. The van der Waals surface area contributed by atoms with Crippen molar-refractivity contribution in [3.63, 3.8) is 0 Å². The molecule has 0 saturated heterocycles. The molecule has 7 nitrogen and oxygen atoms in total. The summed E-state index contributed by atoms with van der Waals surface area (Å²) in [6.07, 6.45) is 3.29. The van der Waals surface area contributed by atoms with Gasteiger partial charge in [-0.3, -0.25) is 9.78 Å². The minimum Gasteiger partial charge on any atom is -0.307 e. The Kier molecular flexibility index (Phi) is 3.60. The van der Waals surface area contributed by atoms with Crippen molar-refractivity contribution in [2.45, 2.75) is 6.42 Å². The number of hydrogen-bond donors (Lipinski definition) is 2. The lowest BCUT2D eigenvalue weighted by molar-refractivity contribution is 0.588. The zero-order valence-corrected chi connectivity index (χ0v) is 13.2. The normalized spacial score (nSPS) is 11.2. The number of aryl methyl sites for hydroxylation is 1. The SMILES string of the molecule is Cn1cnc(Nc2cc3[nH]ncc3c(Cc3cc(F)ccc3F)n2)n1. The summed E-state index contributed by atoms with van der Waals surface area (Å²) in [5, 5.41) is 14.7. The number of nitrogens with zero attached hydrogens (tertiary/aromatic N) is 5. The summed E-state index contributed by atoms with van der Waals surface area (Å²) in [6, 6.07) is 5.12. The van der Waals surface area contributed by atoms with E-state index in [1.165, 1.54) is 6.07 Å². The molecule has 3 heterocycles. The van der Waals surface area contributed by atoms with E-state index in [0.717, 1.165) is 23.0 Å². The Morgan fingerprint density at radius 2 is 2.12 bits per heavy atom. The minimum atomic E-state index is -0.494. The number of rotatable bonds is 4. The summed E-state index contributed by atoms with van der Waals surface area (Å²) >= 11 is 0. The van der Waals surface area contributed by atoms with Crippen LogP contribution in [-0.2, 0) is 13.5 Å². The fourth-order valence-corrected chi connectivity index (χ4v) is 2.58. The largest absolute Gasteiger partial charge is 0.307 e. The summed E-state index contributed by atoms with van der Waals surface area (Å²) in [5.41, 5.74) is 1.51. The van der Waals surface area contributed by atoms with Crippen LogP contribution in [0.5, 0.6) is 0 Å². The number of nitrogens with one attached hydrogen (secondary N) is 2. The van der Waals surface area contributed by atoms with E-state index in [1.807, 2.05) is 0 Å². The average molecular weight is 341 g/mol. The van der Waals surface area contributed by atoms with Gasteiger partial charge in [0, 0.05) is 24.9 Å². The van der Waals surface area contributed by atoms with Crippen molar-refractivity contribution >= 4 is 22.7 Å². The lowest BCUT2D eigenvalue weighted by Crippen LogP contribution is -2.02. The fourth-order valence-electron chi connectivity index (χ4n) is 2.58. The molecule has 1 aromatic carbocycles. The van der Waals surface area contributed by atoms with Crippen LogP contribution in [0.3, 0.4) is 0 Å². The fraction of sp³-hybridized carbons (Fsp3) is 0.125. The highest BCUT2D eigenvalue weighted by atomic mass is 19.1. The number of benzene rings is 1. The number of pyridine rings is 1. The van der Waals surface area contributed by atoms with Crippen molar-refractivity contribution in [1.82, 2.24) is 29.9 Å². The summed E-state index contributed by atoms with van der Waals surface area (Å²) < 4.78 is 29.0. The predicted octanol–water partition coefficient (Wildman–Crippen LogP) is 2.70. The highest BCUT2D eigenvalue weighted by molar-refractivity contribution is 5.83. The van der Waals surface area contributed by atoms with Gasteiger partial charge in [-0.25, -0.2) is 18.7 Å². The van der Waals surface area contributed by atoms with Crippen LogP contribution in [0.2, 0.25) is 0 Å². The van der Waals surface area contributed by atoms with Crippen molar-refractivity contribution in [3.05, 3.63) is 59.7 Å². The zero-order chi connectivity index (χ0) is 17.4. The summed E-state index contributed by atoms with van der Waals surface area (Å²) in [7, 11) is 1.75. The first-order chi connectivity index (χ1) is 12.1. The Labute approximate surface area is 140 Å². The monoisotopic (exact) mass is 341 g/mol. The molecule has 0 saturated carbocycles. The van der Waals surface area contributed by atoms with Gasteiger partial charge in [0.25, 0.3) is 0 Å². The average Bonchev–Trinajstić information content (AvgIpc) is 3.20. The number of aromatic amines is 1. The first-order valence-corrected chi connectivity index (χ1v) is 7.48. The van der Waals surface area contributed by atoms with Gasteiger partial charge in [0.15, 0.2) is 0 Å². The number of fused-ring (bicyclic) bond motifs is 1. The third-order valence-electron chi connectivity index (χ3n) is 3.72. The summed E-state index contributed by atoms with van der Waals surface area (Å²) in [4.78, 5) is 8.58. The smallest absolute Gasteiger partial charge is 0.247 e. The molecule has 0 spiro atoms. The molecule has 126 valence electrons. The molecule has 0 aliphatic heterocycles. The Hall–Kier alpha value is -3.36. The number of anilines is 2. The van der Waals surface area contributed by atoms with Crippen LogP contribution in [0.1, 0.15) is 11.3 Å². The highest BCUT2D eigenvalue weighted by Crippen LogP contribution is 2.24. The second-order valence-electron chi connectivity index (χ2n) is 5.56. The van der Waals surface area contributed by atoms with E-state index >= 15 is 0 Å². The molecule has 0 atom stereocenters. The van der Waals surface area contributed by atoms with Crippen LogP contribution in [0.4, 0.5) is 20.5 Å². The van der Waals surface area contributed by atoms with Gasteiger partial charge < -0.3 is 5.32 Å². The van der Waals surface area contributed by atoms with Gasteiger partial charge in [-0.05, 0) is 23.8 Å². The summed E-state index contributed by atoms with van der Waals surface area (Å²) in [5.74, 6) is -0.108. The molecule has 25 heavy (non-hydrogen) atoms. The number of aromatic nitrogens is 6. The molecule has 0 aliphatic carbocycles. The van der Waals surface area contributed by atoms with Crippen molar-refractivity contribution in [2.75, 3.05) is 5.32 Å². The number of H-pyrrole nitrogens is 1. The van der Waals surface area contributed by atoms with E-state index in [1.54, 1.807) is 30.3 Å². The van der Waals surface area contributed by atoms with E-state index in [9.17, 15) is 8.78 Å². The lowest BCUT2D eigenvalue weighted by atomic mass is 10.1. The minimum absolute atomic E-state index is 0.130. The van der Waals surface area contributed by atoms with Crippen LogP contribution in [-0.4, -0.2) is 29.9 Å². The van der Waals surface area contributed by atoms with E-state index in [2.05, 4.69) is 30.6 Å². The van der Waals surface area contributed by atoms with Crippen LogP contribution in [0.15, 0.2) is 36.8 Å². The maximum absolute atomic E-state index is 14.0. The van der Waals surface area contributed by atoms with E-state index in [4.69, 9.17) is 0 Å². The van der Waals surface area contributed by atoms with Crippen molar-refractivity contribution in [2.24, 2.45) is 7.05 Å². The number of halogens is 2. The molecule has 0 fully saturated rings. The first kappa shape index (κ1) is 15.2. The Morgan fingerprint density at radius 3 is 2.92 bits per heavy atom. The lowest BCUT2D eigenvalue weighted by Gasteiger charge is -2.08. The quantitative estimate of drug-likeness (QED) is 0.596. The standard InChI is InChI=1S/C16H13F2N7/c1-25-8-19-16(24-25)22-15-6-14-11(7-20-23-14)13(21-15)5-9-4-10(17)2-3-12(9)18/h2-4,6-8H,5H2,1H3,(H,20,23)(H,21,22,24). The second kappa shape index (κ2) is 5.93. The summed E-state index contributed by atoms with van der Waals surface area (Å²) in [6.45, 7) is 0. The molecule has 3 aromatic heterocycles. The van der Waals surface area contributed by atoms with Crippen LogP contribution in [0.25, 0.3) is 10.9 Å². The molecule has 4 aromatic rings.